The third kappa shape index (κ3) is 4.13. The molecule has 1 aliphatic carbocycles. The number of likely N-dealkylation sites (N-methyl/N-ethyl adjacent to an activating group) is 1. The summed E-state index contributed by atoms with van der Waals surface area (Å²) in [5, 5.41) is 4.78. The van der Waals surface area contributed by atoms with Gasteiger partial charge in [0.1, 0.15) is 5.56 Å². The van der Waals surface area contributed by atoms with Crippen molar-refractivity contribution in [1.29, 1.82) is 0 Å². The quantitative estimate of drug-likeness (QED) is 0.779. The van der Waals surface area contributed by atoms with Crippen molar-refractivity contribution in [2.75, 3.05) is 33.2 Å². The number of nitrogens with zero attached hydrogens (tertiary/aromatic N) is 4. The topological polar surface area (TPSA) is 87.0 Å². The first-order valence-corrected chi connectivity index (χ1v) is 12.1. The molecule has 1 spiro atoms. The Morgan fingerprint density at radius 3 is 2.87 bits per heavy atom. The molecule has 8 nitrogen and oxygen atoms in total. The number of piperidine rings is 1. The standard InChI is InChI=1S/C22H29N5O3S/c1-25-12-15(19(29)26-8-2-5-22(14-26)6-7-22)3-4-16(13-25)24-18(28)17-11-23-21-27(20(17)30)9-10-31-21/h9-11,15-16H,2-8,12-14H2,1H3,(H,24,28)/t15-,16+/m1/s1. The zero-order chi connectivity index (χ0) is 21.6. The molecular weight excluding hydrogens is 414 g/mol. The van der Waals surface area contributed by atoms with E-state index in [0.717, 1.165) is 32.4 Å². The van der Waals surface area contributed by atoms with Crippen molar-refractivity contribution in [3.63, 3.8) is 0 Å². The molecule has 2 aliphatic heterocycles. The van der Waals surface area contributed by atoms with Crippen LogP contribution in [0.3, 0.4) is 0 Å². The van der Waals surface area contributed by atoms with Crippen LogP contribution in [-0.4, -0.2) is 70.3 Å². The summed E-state index contributed by atoms with van der Waals surface area (Å²) in [5.74, 6) is -0.154. The monoisotopic (exact) mass is 443 g/mol. The molecule has 0 unspecified atom stereocenters. The minimum atomic E-state index is -0.395. The second-order valence-electron chi connectivity index (χ2n) is 9.56. The van der Waals surface area contributed by atoms with Gasteiger partial charge in [-0.2, -0.15) is 0 Å². The number of carbonyl (C=O) groups is 2. The molecule has 2 aromatic rings. The molecule has 3 aliphatic rings. The summed E-state index contributed by atoms with van der Waals surface area (Å²) in [6.45, 7) is 3.17. The molecule has 4 heterocycles. The average molecular weight is 444 g/mol. The Kier molecular flexibility index (Phi) is 5.34. The second kappa shape index (κ2) is 8.02. The van der Waals surface area contributed by atoms with Crippen LogP contribution in [0.5, 0.6) is 0 Å². The van der Waals surface area contributed by atoms with Gasteiger partial charge in [0.15, 0.2) is 4.96 Å². The molecule has 0 radical (unpaired) electrons. The average Bonchev–Trinajstić information content (AvgIpc) is 3.35. The number of rotatable bonds is 3. The number of thiazole rings is 1. The zero-order valence-corrected chi connectivity index (χ0v) is 18.7. The summed E-state index contributed by atoms with van der Waals surface area (Å²) in [7, 11) is 2.00. The van der Waals surface area contributed by atoms with Crippen LogP contribution in [-0.2, 0) is 4.79 Å². The highest BCUT2D eigenvalue weighted by Crippen LogP contribution is 2.52. The predicted molar refractivity (Wildman–Crippen MR) is 118 cm³/mol. The van der Waals surface area contributed by atoms with E-state index in [1.165, 1.54) is 41.2 Å². The summed E-state index contributed by atoms with van der Waals surface area (Å²) in [4.78, 5) is 47.6. The third-order valence-electron chi connectivity index (χ3n) is 7.13. The van der Waals surface area contributed by atoms with Crippen molar-refractivity contribution in [1.82, 2.24) is 24.5 Å². The zero-order valence-electron chi connectivity index (χ0n) is 17.9. The molecule has 2 aromatic heterocycles. The van der Waals surface area contributed by atoms with Gasteiger partial charge in [0.2, 0.25) is 5.91 Å². The first-order valence-electron chi connectivity index (χ1n) is 11.2. The molecule has 9 heteroatoms. The van der Waals surface area contributed by atoms with E-state index in [1.807, 2.05) is 7.05 Å². The Bertz CT molecular complexity index is 1060. The number of carbonyl (C=O) groups excluding carboxylic acids is 2. The van der Waals surface area contributed by atoms with Crippen LogP contribution in [0, 0.1) is 11.3 Å². The highest BCUT2D eigenvalue weighted by atomic mass is 32.1. The molecular formula is C22H29N5O3S. The molecule has 5 rings (SSSR count). The molecule has 0 bridgehead atoms. The minimum absolute atomic E-state index is 0.0322. The highest BCUT2D eigenvalue weighted by Gasteiger charge is 2.47. The Morgan fingerprint density at radius 1 is 1.23 bits per heavy atom. The molecule has 2 amide bonds. The lowest BCUT2D eigenvalue weighted by molar-refractivity contribution is -0.138. The van der Waals surface area contributed by atoms with Crippen LogP contribution in [0.4, 0.5) is 0 Å². The fourth-order valence-corrected chi connectivity index (χ4v) is 5.89. The SMILES string of the molecule is CN1C[C@@H](NC(=O)c2cnc3sccn3c2=O)CC[C@@H](C(=O)N2CCCC3(CC3)C2)C1. The number of likely N-dealkylation sites (tertiary alicyclic amines) is 2. The van der Waals surface area contributed by atoms with Gasteiger partial charge in [-0.05, 0) is 51.0 Å². The Balaban J connectivity index is 1.23. The molecule has 31 heavy (non-hydrogen) atoms. The third-order valence-corrected chi connectivity index (χ3v) is 7.90. The summed E-state index contributed by atoms with van der Waals surface area (Å²) in [5.41, 5.74) is 0.128. The van der Waals surface area contributed by atoms with Gasteiger partial charge in [0.25, 0.3) is 11.5 Å². The molecule has 3 fully saturated rings. The Morgan fingerprint density at radius 2 is 2.06 bits per heavy atom. The number of fused-ring (bicyclic) bond motifs is 1. The Hall–Kier alpha value is -2.26. The van der Waals surface area contributed by atoms with Gasteiger partial charge in [-0.25, -0.2) is 4.98 Å². The predicted octanol–water partition coefficient (Wildman–Crippen LogP) is 1.60. The van der Waals surface area contributed by atoms with E-state index in [1.54, 1.807) is 11.6 Å². The van der Waals surface area contributed by atoms with Crippen LogP contribution in [0.1, 0.15) is 48.9 Å². The van der Waals surface area contributed by atoms with Crippen molar-refractivity contribution in [3.05, 3.63) is 33.7 Å². The van der Waals surface area contributed by atoms with E-state index < -0.39 is 5.91 Å². The van der Waals surface area contributed by atoms with Crippen LogP contribution in [0.2, 0.25) is 0 Å². The fourth-order valence-electron chi connectivity index (χ4n) is 5.21. The number of aromatic nitrogens is 2. The summed E-state index contributed by atoms with van der Waals surface area (Å²) >= 11 is 1.36. The van der Waals surface area contributed by atoms with Gasteiger partial charge in [-0.15, -0.1) is 11.3 Å². The Labute approximate surface area is 185 Å². The summed E-state index contributed by atoms with van der Waals surface area (Å²) in [6, 6.07) is -0.103. The highest BCUT2D eigenvalue weighted by molar-refractivity contribution is 7.15. The number of amides is 2. The summed E-state index contributed by atoms with van der Waals surface area (Å²) < 4.78 is 1.40. The van der Waals surface area contributed by atoms with Crippen molar-refractivity contribution in [2.24, 2.45) is 11.3 Å². The van der Waals surface area contributed by atoms with E-state index in [-0.39, 0.29) is 29.0 Å². The van der Waals surface area contributed by atoms with Crippen molar-refractivity contribution in [3.8, 4) is 0 Å². The number of nitrogens with one attached hydrogen (secondary N) is 1. The van der Waals surface area contributed by atoms with Gasteiger partial charge < -0.3 is 15.1 Å². The van der Waals surface area contributed by atoms with E-state index >= 15 is 0 Å². The van der Waals surface area contributed by atoms with Crippen LogP contribution < -0.4 is 10.9 Å². The van der Waals surface area contributed by atoms with E-state index in [4.69, 9.17) is 0 Å². The van der Waals surface area contributed by atoms with Crippen molar-refractivity contribution in [2.45, 2.75) is 44.6 Å². The number of hydrogen-bond acceptors (Lipinski definition) is 6. The minimum Gasteiger partial charge on any atom is -0.348 e. The maximum atomic E-state index is 13.2. The number of hydrogen-bond donors (Lipinski definition) is 1. The largest absolute Gasteiger partial charge is 0.348 e. The molecule has 0 aromatic carbocycles. The van der Waals surface area contributed by atoms with Crippen LogP contribution in [0.25, 0.3) is 4.96 Å². The fraction of sp³-hybridized carbons (Fsp3) is 0.636. The van der Waals surface area contributed by atoms with Crippen molar-refractivity contribution >= 4 is 28.1 Å². The second-order valence-corrected chi connectivity index (χ2v) is 10.4. The lowest BCUT2D eigenvalue weighted by Gasteiger charge is -2.35. The molecule has 1 saturated carbocycles. The summed E-state index contributed by atoms with van der Waals surface area (Å²) in [6.07, 6.45) is 9.38. The maximum Gasteiger partial charge on any atom is 0.271 e. The molecule has 2 atom stereocenters. The van der Waals surface area contributed by atoms with Gasteiger partial charge in [-0.3, -0.25) is 18.8 Å². The smallest absolute Gasteiger partial charge is 0.271 e. The van der Waals surface area contributed by atoms with Gasteiger partial charge in [0.05, 0.1) is 5.92 Å². The molecule has 166 valence electrons. The maximum absolute atomic E-state index is 13.2. The van der Waals surface area contributed by atoms with E-state index in [0.29, 0.717) is 23.5 Å². The first kappa shape index (κ1) is 20.6. The van der Waals surface area contributed by atoms with Crippen molar-refractivity contribution < 1.29 is 9.59 Å². The van der Waals surface area contributed by atoms with Gasteiger partial charge >= 0.3 is 0 Å². The van der Waals surface area contributed by atoms with Gasteiger partial charge in [-0.1, -0.05) is 0 Å². The lowest BCUT2D eigenvalue weighted by atomic mass is 9.92. The van der Waals surface area contributed by atoms with E-state index in [9.17, 15) is 14.4 Å². The van der Waals surface area contributed by atoms with Crippen LogP contribution in [0.15, 0.2) is 22.6 Å². The van der Waals surface area contributed by atoms with Gasteiger partial charge in [0, 0.05) is 50.0 Å². The first-order chi connectivity index (χ1) is 14.9. The lowest BCUT2D eigenvalue weighted by Crippen LogP contribution is -2.46. The van der Waals surface area contributed by atoms with Crippen LogP contribution >= 0.6 is 11.3 Å². The normalized spacial score (nSPS) is 26.0. The van der Waals surface area contributed by atoms with E-state index in [2.05, 4.69) is 20.1 Å². The molecule has 1 N–H and O–H groups in total. The molecule has 2 saturated heterocycles.